The van der Waals surface area contributed by atoms with Crippen molar-refractivity contribution in [1.29, 1.82) is 0 Å². The maximum Gasteiger partial charge on any atom is 0.274 e. The summed E-state index contributed by atoms with van der Waals surface area (Å²) >= 11 is 1.26. The highest BCUT2D eigenvalue weighted by atomic mass is 32.1. The molecular weight excluding hydrogens is 288 g/mol. The van der Waals surface area contributed by atoms with E-state index in [1.54, 1.807) is 37.3 Å². The van der Waals surface area contributed by atoms with E-state index in [9.17, 15) is 14.4 Å². The molecule has 0 spiro atoms. The fourth-order valence-electron chi connectivity index (χ4n) is 1.83. The Hall–Kier alpha value is -2.43. The second-order valence-corrected chi connectivity index (χ2v) is 5.63. The minimum Gasteiger partial charge on any atom is -0.293 e. The second-order valence-electron chi connectivity index (χ2n) is 4.40. The van der Waals surface area contributed by atoms with Crippen LogP contribution in [0.1, 0.15) is 31.9 Å². The highest BCUT2D eigenvalue weighted by Crippen LogP contribution is 2.28. The molecule has 21 heavy (non-hydrogen) atoms. The first kappa shape index (κ1) is 15.0. The van der Waals surface area contributed by atoms with E-state index in [1.807, 2.05) is 6.92 Å². The molecule has 1 aromatic carbocycles. The van der Waals surface area contributed by atoms with Crippen molar-refractivity contribution in [3.8, 4) is 0 Å². The lowest BCUT2D eigenvalue weighted by Gasteiger charge is -2.08. The van der Waals surface area contributed by atoms with Crippen LogP contribution in [0.5, 0.6) is 0 Å². The molecule has 0 N–H and O–H groups in total. The molecule has 0 aliphatic carbocycles. The zero-order valence-corrected chi connectivity index (χ0v) is 12.3. The number of hydrogen-bond acceptors (Lipinski definition) is 5. The average molecular weight is 300 g/mol. The van der Waals surface area contributed by atoms with E-state index in [1.165, 1.54) is 17.4 Å². The smallest absolute Gasteiger partial charge is 0.274 e. The van der Waals surface area contributed by atoms with Crippen molar-refractivity contribution >= 4 is 29.1 Å². The summed E-state index contributed by atoms with van der Waals surface area (Å²) in [5, 5.41) is 0.350. The standard InChI is InChI=1S/C15H12N2O3S/c1-9-10(2)21-15(17-9)12(14(20)16-8-18)13(19)11-6-4-3-5-7-11/h3-7,12H,1-2H3. The molecule has 6 heteroatoms. The first-order chi connectivity index (χ1) is 10.0. The minimum atomic E-state index is -1.19. The van der Waals surface area contributed by atoms with Gasteiger partial charge in [-0.15, -0.1) is 16.3 Å². The van der Waals surface area contributed by atoms with Crippen LogP contribution < -0.4 is 0 Å². The monoisotopic (exact) mass is 300 g/mol. The van der Waals surface area contributed by atoms with E-state index in [0.29, 0.717) is 10.6 Å². The Morgan fingerprint density at radius 2 is 1.90 bits per heavy atom. The summed E-state index contributed by atoms with van der Waals surface area (Å²) in [5.41, 5.74) is 1.13. The fraction of sp³-hybridized carbons (Fsp3) is 0.200. The third-order valence-corrected chi connectivity index (χ3v) is 4.15. The van der Waals surface area contributed by atoms with Crippen molar-refractivity contribution in [2.24, 2.45) is 4.99 Å². The van der Waals surface area contributed by atoms with Gasteiger partial charge in [-0.3, -0.25) is 9.59 Å². The number of carbonyl (C=O) groups is 2. The van der Waals surface area contributed by atoms with Crippen LogP contribution in [0.25, 0.3) is 0 Å². The van der Waals surface area contributed by atoms with Crippen LogP contribution in [0.2, 0.25) is 0 Å². The molecule has 1 atom stereocenters. The second kappa shape index (κ2) is 6.35. The van der Waals surface area contributed by atoms with Crippen LogP contribution >= 0.6 is 11.3 Å². The molecule has 1 aromatic heterocycles. The summed E-state index contributed by atoms with van der Waals surface area (Å²) in [6, 6.07) is 8.40. The molecule has 0 aliphatic rings. The molecule has 0 bridgehead atoms. The van der Waals surface area contributed by atoms with Gasteiger partial charge in [0.15, 0.2) is 11.7 Å². The highest BCUT2D eigenvalue weighted by Gasteiger charge is 2.32. The van der Waals surface area contributed by atoms with E-state index >= 15 is 0 Å². The van der Waals surface area contributed by atoms with Crippen molar-refractivity contribution < 1.29 is 14.4 Å². The summed E-state index contributed by atoms with van der Waals surface area (Å²) < 4.78 is 0. The lowest BCUT2D eigenvalue weighted by atomic mass is 9.97. The normalized spacial score (nSPS) is 11.5. The fourth-order valence-corrected chi connectivity index (χ4v) is 2.84. The zero-order valence-electron chi connectivity index (χ0n) is 11.5. The number of aromatic nitrogens is 1. The number of thiazole rings is 1. The first-order valence-electron chi connectivity index (χ1n) is 6.19. The number of ketones is 1. The molecule has 1 amide bonds. The molecule has 0 radical (unpaired) electrons. The maximum atomic E-state index is 12.5. The maximum absolute atomic E-state index is 12.5. The minimum absolute atomic E-state index is 0.350. The Balaban J connectivity index is 2.48. The number of aryl methyl sites for hydroxylation is 2. The van der Waals surface area contributed by atoms with Gasteiger partial charge in [-0.05, 0) is 13.8 Å². The molecule has 0 aliphatic heterocycles. The Morgan fingerprint density at radius 1 is 1.24 bits per heavy atom. The number of isocyanates is 1. The quantitative estimate of drug-likeness (QED) is 0.376. The summed E-state index contributed by atoms with van der Waals surface area (Å²) in [5.74, 6) is -2.45. The van der Waals surface area contributed by atoms with Crippen molar-refractivity contribution in [1.82, 2.24) is 4.98 Å². The average Bonchev–Trinajstić information content (AvgIpc) is 2.79. The zero-order chi connectivity index (χ0) is 15.4. The van der Waals surface area contributed by atoms with E-state index in [0.717, 1.165) is 10.6 Å². The van der Waals surface area contributed by atoms with Crippen LogP contribution in [0.3, 0.4) is 0 Å². The van der Waals surface area contributed by atoms with E-state index < -0.39 is 17.6 Å². The molecular formula is C15H12N2O3S. The van der Waals surface area contributed by atoms with Crippen molar-refractivity contribution in [2.45, 2.75) is 19.8 Å². The number of rotatable bonds is 4. The van der Waals surface area contributed by atoms with Gasteiger partial charge in [0.25, 0.3) is 5.91 Å². The van der Waals surface area contributed by atoms with Crippen LogP contribution in [0.4, 0.5) is 0 Å². The van der Waals surface area contributed by atoms with E-state index in [-0.39, 0.29) is 0 Å². The number of carbonyl (C=O) groups excluding carboxylic acids is 3. The van der Waals surface area contributed by atoms with Gasteiger partial charge in [0.1, 0.15) is 5.01 Å². The summed E-state index contributed by atoms with van der Waals surface area (Å²) in [6.07, 6.45) is 1.20. The Labute approximate surface area is 125 Å². The van der Waals surface area contributed by atoms with Crippen LogP contribution in [0, 0.1) is 13.8 Å². The largest absolute Gasteiger partial charge is 0.293 e. The van der Waals surface area contributed by atoms with Gasteiger partial charge in [0.05, 0.1) is 5.69 Å². The topological polar surface area (TPSA) is 76.5 Å². The summed E-state index contributed by atoms with van der Waals surface area (Å²) in [7, 11) is 0. The number of hydrogen-bond donors (Lipinski definition) is 0. The Morgan fingerprint density at radius 3 is 2.43 bits per heavy atom. The van der Waals surface area contributed by atoms with Crippen LogP contribution in [-0.4, -0.2) is 22.8 Å². The number of amides is 1. The molecule has 0 fully saturated rings. The molecule has 1 heterocycles. The van der Waals surface area contributed by atoms with Gasteiger partial charge < -0.3 is 0 Å². The summed E-state index contributed by atoms with van der Waals surface area (Å²) in [4.78, 5) is 43.1. The van der Waals surface area contributed by atoms with Gasteiger partial charge in [0, 0.05) is 10.4 Å². The van der Waals surface area contributed by atoms with Gasteiger partial charge in [0.2, 0.25) is 6.08 Å². The van der Waals surface area contributed by atoms with Crippen LogP contribution in [-0.2, 0) is 9.59 Å². The van der Waals surface area contributed by atoms with Gasteiger partial charge in [-0.25, -0.2) is 9.78 Å². The third-order valence-electron chi connectivity index (χ3n) is 3.02. The van der Waals surface area contributed by atoms with Crippen molar-refractivity contribution in [3.63, 3.8) is 0 Å². The lowest BCUT2D eigenvalue weighted by molar-refractivity contribution is -0.118. The first-order valence-corrected chi connectivity index (χ1v) is 7.01. The molecule has 2 aromatic rings. The molecule has 2 rings (SSSR count). The molecule has 5 nitrogen and oxygen atoms in total. The predicted molar refractivity (Wildman–Crippen MR) is 78.2 cm³/mol. The molecule has 1 unspecified atom stereocenters. The number of benzene rings is 1. The number of nitrogens with zero attached hydrogens (tertiary/aromatic N) is 2. The molecule has 106 valence electrons. The Kier molecular flexibility index (Phi) is 4.52. The van der Waals surface area contributed by atoms with Gasteiger partial charge >= 0.3 is 0 Å². The number of aliphatic imine (C=N–C) groups is 1. The van der Waals surface area contributed by atoms with Gasteiger partial charge in [-0.2, -0.15) is 0 Å². The Bertz CT molecular complexity index is 711. The van der Waals surface area contributed by atoms with Crippen molar-refractivity contribution in [3.05, 3.63) is 51.5 Å². The SMILES string of the molecule is Cc1nc(C(C(=O)N=C=O)C(=O)c2ccccc2)sc1C. The molecule has 0 saturated carbocycles. The van der Waals surface area contributed by atoms with Crippen molar-refractivity contribution in [2.75, 3.05) is 0 Å². The van der Waals surface area contributed by atoms with Gasteiger partial charge in [-0.1, -0.05) is 30.3 Å². The van der Waals surface area contributed by atoms with E-state index in [4.69, 9.17) is 0 Å². The van der Waals surface area contributed by atoms with Crippen LogP contribution in [0.15, 0.2) is 35.3 Å². The third kappa shape index (κ3) is 3.18. The highest BCUT2D eigenvalue weighted by molar-refractivity contribution is 7.12. The lowest BCUT2D eigenvalue weighted by Crippen LogP contribution is -2.20. The molecule has 0 saturated heterocycles. The number of Topliss-reactive ketones (excluding diaryl/α,β-unsaturated/α-hetero) is 1. The van der Waals surface area contributed by atoms with E-state index in [2.05, 4.69) is 9.98 Å². The predicted octanol–water partition coefficient (Wildman–Crippen LogP) is 2.59. The summed E-state index contributed by atoms with van der Waals surface area (Å²) in [6.45, 7) is 3.65.